The van der Waals surface area contributed by atoms with Crippen molar-refractivity contribution in [3.8, 4) is 5.75 Å². The molecule has 0 radical (unpaired) electrons. The Kier molecular flexibility index (Phi) is 5.72. The zero-order chi connectivity index (χ0) is 16.2. The highest BCUT2D eigenvalue weighted by atomic mass is 19.1. The minimum Gasteiger partial charge on any atom is -0.480 e. The highest BCUT2D eigenvalue weighted by Crippen LogP contribution is 2.26. The van der Waals surface area contributed by atoms with Crippen molar-refractivity contribution in [2.75, 3.05) is 0 Å². The molecule has 0 aliphatic heterocycles. The Hall–Kier alpha value is -1.62. The van der Waals surface area contributed by atoms with Crippen molar-refractivity contribution in [3.05, 3.63) is 29.6 Å². The molecule has 4 nitrogen and oxygen atoms in total. The first kappa shape index (κ1) is 17.4. The van der Waals surface area contributed by atoms with Gasteiger partial charge in [-0.25, -0.2) is 4.39 Å². The van der Waals surface area contributed by atoms with Crippen molar-refractivity contribution in [1.29, 1.82) is 0 Å². The standard InChI is InChI=1S/C16H25FN2O2/c1-6-16(4,5)19-15(20)11(3)21-14-9-12(17)7-8-13(14)10(2)18/h7-11H,6,18H2,1-5H3,(H,19,20)/t10-,11?/m1/s1. The second-order valence-electron chi connectivity index (χ2n) is 5.96. The van der Waals surface area contributed by atoms with Gasteiger partial charge in [-0.05, 0) is 40.2 Å². The molecule has 3 N–H and O–H groups in total. The number of amides is 1. The first-order chi connectivity index (χ1) is 9.66. The van der Waals surface area contributed by atoms with Gasteiger partial charge in [-0.3, -0.25) is 4.79 Å². The van der Waals surface area contributed by atoms with Crippen molar-refractivity contribution >= 4 is 5.91 Å². The first-order valence-electron chi connectivity index (χ1n) is 7.20. The molecule has 21 heavy (non-hydrogen) atoms. The number of nitrogens with two attached hydrogens (primary N) is 1. The predicted molar refractivity (Wildman–Crippen MR) is 81.6 cm³/mol. The van der Waals surface area contributed by atoms with E-state index in [2.05, 4.69) is 5.32 Å². The number of benzene rings is 1. The number of rotatable bonds is 6. The van der Waals surface area contributed by atoms with Gasteiger partial charge in [0.25, 0.3) is 5.91 Å². The molecule has 0 fully saturated rings. The lowest BCUT2D eigenvalue weighted by Gasteiger charge is -2.27. The van der Waals surface area contributed by atoms with Crippen LogP contribution in [0.25, 0.3) is 0 Å². The van der Waals surface area contributed by atoms with Gasteiger partial charge in [-0.2, -0.15) is 0 Å². The summed E-state index contributed by atoms with van der Waals surface area (Å²) in [6.07, 6.45) is 0.0754. The second kappa shape index (κ2) is 6.89. The molecule has 0 aliphatic carbocycles. The molecule has 1 unspecified atom stereocenters. The van der Waals surface area contributed by atoms with Crippen molar-refractivity contribution in [2.24, 2.45) is 5.73 Å². The van der Waals surface area contributed by atoms with Crippen LogP contribution in [-0.2, 0) is 4.79 Å². The van der Waals surface area contributed by atoms with Gasteiger partial charge in [0.1, 0.15) is 11.6 Å². The van der Waals surface area contributed by atoms with Gasteiger partial charge >= 0.3 is 0 Å². The van der Waals surface area contributed by atoms with Crippen LogP contribution in [0.5, 0.6) is 5.75 Å². The largest absolute Gasteiger partial charge is 0.480 e. The molecule has 0 saturated heterocycles. The lowest BCUT2D eigenvalue weighted by atomic mass is 10.0. The zero-order valence-electron chi connectivity index (χ0n) is 13.4. The zero-order valence-corrected chi connectivity index (χ0v) is 13.4. The van der Waals surface area contributed by atoms with Gasteiger partial charge in [0.2, 0.25) is 0 Å². The molecule has 0 saturated carbocycles. The highest BCUT2D eigenvalue weighted by Gasteiger charge is 2.24. The monoisotopic (exact) mass is 296 g/mol. The second-order valence-corrected chi connectivity index (χ2v) is 5.96. The third-order valence-electron chi connectivity index (χ3n) is 3.48. The Balaban J connectivity index is 2.85. The molecule has 0 spiro atoms. The van der Waals surface area contributed by atoms with E-state index in [4.69, 9.17) is 10.5 Å². The minimum atomic E-state index is -0.727. The van der Waals surface area contributed by atoms with Gasteiger partial charge in [-0.15, -0.1) is 0 Å². The van der Waals surface area contributed by atoms with E-state index in [1.165, 1.54) is 12.1 Å². The number of carbonyl (C=O) groups is 1. The van der Waals surface area contributed by atoms with E-state index in [9.17, 15) is 9.18 Å². The average molecular weight is 296 g/mol. The SMILES string of the molecule is CCC(C)(C)NC(=O)C(C)Oc1cc(F)ccc1[C@@H](C)N. The van der Waals surface area contributed by atoms with Crippen LogP contribution in [0.1, 0.15) is 52.6 Å². The molecular formula is C16H25FN2O2. The summed E-state index contributed by atoms with van der Waals surface area (Å²) in [5.74, 6) is -0.348. The van der Waals surface area contributed by atoms with Crippen LogP contribution in [-0.4, -0.2) is 17.6 Å². The molecule has 0 aromatic heterocycles. The summed E-state index contributed by atoms with van der Waals surface area (Å²) in [4.78, 5) is 12.1. The lowest BCUT2D eigenvalue weighted by Crippen LogP contribution is -2.48. The Labute approximate surface area is 125 Å². The van der Waals surface area contributed by atoms with E-state index < -0.39 is 11.9 Å². The predicted octanol–water partition coefficient (Wildman–Crippen LogP) is 2.92. The fraction of sp³-hybridized carbons (Fsp3) is 0.562. The summed E-state index contributed by atoms with van der Waals surface area (Å²) in [5, 5.41) is 2.90. The number of carbonyl (C=O) groups excluding carboxylic acids is 1. The highest BCUT2D eigenvalue weighted by molar-refractivity contribution is 5.81. The van der Waals surface area contributed by atoms with Crippen molar-refractivity contribution in [2.45, 2.75) is 58.7 Å². The molecule has 2 atom stereocenters. The van der Waals surface area contributed by atoms with Gasteiger partial charge in [0, 0.05) is 23.2 Å². The summed E-state index contributed by atoms with van der Waals surface area (Å²) >= 11 is 0. The van der Waals surface area contributed by atoms with Crippen molar-refractivity contribution in [3.63, 3.8) is 0 Å². The Morgan fingerprint density at radius 1 is 1.43 bits per heavy atom. The molecule has 118 valence electrons. The lowest BCUT2D eigenvalue weighted by molar-refractivity contribution is -0.129. The molecule has 0 bridgehead atoms. The van der Waals surface area contributed by atoms with Crippen LogP contribution >= 0.6 is 0 Å². The molecule has 0 aliphatic rings. The van der Waals surface area contributed by atoms with E-state index in [1.54, 1.807) is 19.9 Å². The maximum atomic E-state index is 13.4. The van der Waals surface area contributed by atoms with E-state index in [-0.39, 0.29) is 17.5 Å². The van der Waals surface area contributed by atoms with Crippen LogP contribution in [0.4, 0.5) is 4.39 Å². The van der Waals surface area contributed by atoms with Crippen LogP contribution in [0.3, 0.4) is 0 Å². The van der Waals surface area contributed by atoms with Gasteiger partial charge in [-0.1, -0.05) is 13.0 Å². The summed E-state index contributed by atoms with van der Waals surface area (Å²) in [5.41, 5.74) is 6.20. The normalized spacial score (nSPS) is 14.4. The number of ether oxygens (including phenoxy) is 1. The van der Waals surface area contributed by atoms with Gasteiger partial charge < -0.3 is 15.8 Å². The molecule has 1 rings (SSSR count). The third-order valence-corrected chi connectivity index (χ3v) is 3.48. The van der Waals surface area contributed by atoms with E-state index in [0.29, 0.717) is 11.3 Å². The van der Waals surface area contributed by atoms with Crippen LogP contribution < -0.4 is 15.8 Å². The Morgan fingerprint density at radius 2 is 2.05 bits per heavy atom. The molecule has 1 amide bonds. The molecule has 5 heteroatoms. The van der Waals surface area contributed by atoms with Gasteiger partial charge in [0.15, 0.2) is 6.10 Å². The quantitative estimate of drug-likeness (QED) is 0.848. The number of halogens is 1. The van der Waals surface area contributed by atoms with Gasteiger partial charge in [0.05, 0.1) is 0 Å². The van der Waals surface area contributed by atoms with E-state index in [0.717, 1.165) is 6.42 Å². The third kappa shape index (κ3) is 5.01. The first-order valence-corrected chi connectivity index (χ1v) is 7.20. The van der Waals surface area contributed by atoms with E-state index >= 15 is 0 Å². The maximum Gasteiger partial charge on any atom is 0.261 e. The minimum absolute atomic E-state index is 0.235. The molecule has 0 heterocycles. The summed E-state index contributed by atoms with van der Waals surface area (Å²) < 4.78 is 19.0. The van der Waals surface area contributed by atoms with Crippen LogP contribution in [0.15, 0.2) is 18.2 Å². The number of hydrogen-bond donors (Lipinski definition) is 2. The van der Waals surface area contributed by atoms with Crippen LogP contribution in [0.2, 0.25) is 0 Å². The Morgan fingerprint density at radius 3 is 2.57 bits per heavy atom. The summed E-state index contributed by atoms with van der Waals surface area (Å²) in [7, 11) is 0. The molecule has 1 aromatic carbocycles. The smallest absolute Gasteiger partial charge is 0.261 e. The summed E-state index contributed by atoms with van der Waals surface area (Å²) in [6.45, 7) is 9.29. The van der Waals surface area contributed by atoms with Crippen molar-refractivity contribution < 1.29 is 13.9 Å². The fourth-order valence-corrected chi connectivity index (χ4v) is 1.75. The van der Waals surface area contributed by atoms with Crippen LogP contribution in [0, 0.1) is 5.82 Å². The maximum absolute atomic E-state index is 13.4. The topological polar surface area (TPSA) is 64.3 Å². The molecule has 1 aromatic rings. The summed E-state index contributed by atoms with van der Waals surface area (Å²) in [6, 6.07) is 3.86. The average Bonchev–Trinajstić information content (AvgIpc) is 2.37. The Bertz CT molecular complexity index is 501. The molecular weight excluding hydrogens is 271 g/mol. The van der Waals surface area contributed by atoms with E-state index in [1.807, 2.05) is 20.8 Å². The number of nitrogens with one attached hydrogen (secondary N) is 1. The number of hydrogen-bond acceptors (Lipinski definition) is 3. The fourth-order valence-electron chi connectivity index (χ4n) is 1.75. The van der Waals surface area contributed by atoms with Crippen molar-refractivity contribution in [1.82, 2.24) is 5.32 Å².